The summed E-state index contributed by atoms with van der Waals surface area (Å²) in [4.78, 5) is 12.6. The van der Waals surface area contributed by atoms with Crippen LogP contribution in [0.4, 0.5) is 0 Å². The van der Waals surface area contributed by atoms with E-state index in [1.165, 1.54) is 57.8 Å². The highest BCUT2D eigenvalue weighted by Crippen LogP contribution is 2.51. The molecule has 20 heavy (non-hydrogen) atoms. The van der Waals surface area contributed by atoms with Gasteiger partial charge in [-0.1, -0.05) is 32.1 Å². The van der Waals surface area contributed by atoms with E-state index >= 15 is 0 Å². The number of hydrogen-bond acceptors (Lipinski definition) is 3. The first-order valence-corrected chi connectivity index (χ1v) is 8.69. The van der Waals surface area contributed by atoms with Crippen LogP contribution in [-0.2, 0) is 9.53 Å². The van der Waals surface area contributed by atoms with Gasteiger partial charge in [0.1, 0.15) is 5.54 Å². The molecule has 0 spiro atoms. The number of rotatable bonds is 4. The van der Waals surface area contributed by atoms with Crippen LogP contribution in [0.5, 0.6) is 0 Å². The second-order valence-electron chi connectivity index (χ2n) is 7.10. The van der Waals surface area contributed by atoms with E-state index in [2.05, 4.69) is 5.32 Å². The van der Waals surface area contributed by atoms with Gasteiger partial charge in [0.05, 0.1) is 6.61 Å². The van der Waals surface area contributed by atoms with Crippen LogP contribution in [0.1, 0.15) is 71.1 Å². The summed E-state index contributed by atoms with van der Waals surface area (Å²) < 4.78 is 5.45. The number of carbonyl (C=O) groups excluding carboxylic acids is 1. The SMILES string of the molecule is CCOC(=O)C1(NC2CCCCCC2)CC2CCC1C2. The van der Waals surface area contributed by atoms with E-state index in [1.807, 2.05) is 6.92 Å². The molecule has 3 nitrogen and oxygen atoms in total. The first kappa shape index (κ1) is 14.4. The largest absolute Gasteiger partial charge is 0.465 e. The van der Waals surface area contributed by atoms with E-state index in [0.717, 1.165) is 12.3 Å². The Morgan fingerprint density at radius 2 is 1.90 bits per heavy atom. The Morgan fingerprint density at radius 1 is 1.15 bits per heavy atom. The fourth-order valence-electron chi connectivity index (χ4n) is 4.86. The highest BCUT2D eigenvalue weighted by Gasteiger charge is 2.57. The van der Waals surface area contributed by atoms with Gasteiger partial charge in [-0.15, -0.1) is 0 Å². The van der Waals surface area contributed by atoms with Crippen LogP contribution in [0, 0.1) is 11.8 Å². The maximum atomic E-state index is 12.6. The lowest BCUT2D eigenvalue weighted by Crippen LogP contribution is -2.59. The quantitative estimate of drug-likeness (QED) is 0.633. The van der Waals surface area contributed by atoms with Crippen molar-refractivity contribution >= 4 is 5.97 Å². The van der Waals surface area contributed by atoms with Crippen molar-refractivity contribution in [3.05, 3.63) is 0 Å². The third kappa shape index (κ3) is 2.61. The highest BCUT2D eigenvalue weighted by molar-refractivity contribution is 5.82. The minimum absolute atomic E-state index is 0.0384. The molecule has 3 rings (SSSR count). The smallest absolute Gasteiger partial charge is 0.326 e. The normalized spacial score (nSPS) is 37.9. The van der Waals surface area contributed by atoms with Crippen molar-refractivity contribution in [3.63, 3.8) is 0 Å². The number of ether oxygens (including phenoxy) is 1. The first-order valence-electron chi connectivity index (χ1n) is 8.69. The molecule has 0 saturated heterocycles. The predicted molar refractivity (Wildman–Crippen MR) is 79.4 cm³/mol. The molecule has 3 atom stereocenters. The third-order valence-corrected chi connectivity index (χ3v) is 5.81. The maximum Gasteiger partial charge on any atom is 0.326 e. The molecule has 114 valence electrons. The van der Waals surface area contributed by atoms with Gasteiger partial charge in [0.2, 0.25) is 0 Å². The summed E-state index contributed by atoms with van der Waals surface area (Å²) in [7, 11) is 0. The number of carbonyl (C=O) groups is 1. The Bertz CT molecular complexity index is 349. The molecular formula is C17H29NO2. The molecule has 3 unspecified atom stereocenters. The van der Waals surface area contributed by atoms with E-state index < -0.39 is 0 Å². The summed E-state index contributed by atoms with van der Waals surface area (Å²) in [6.45, 7) is 2.43. The summed E-state index contributed by atoms with van der Waals surface area (Å²) in [6, 6.07) is 0.529. The molecule has 3 heteroatoms. The van der Waals surface area contributed by atoms with Crippen molar-refractivity contribution in [1.82, 2.24) is 5.32 Å². The van der Waals surface area contributed by atoms with E-state index in [-0.39, 0.29) is 11.5 Å². The van der Waals surface area contributed by atoms with Gasteiger partial charge >= 0.3 is 5.97 Å². The van der Waals surface area contributed by atoms with Crippen LogP contribution in [0.2, 0.25) is 0 Å². The molecule has 3 saturated carbocycles. The van der Waals surface area contributed by atoms with Crippen LogP contribution in [0.25, 0.3) is 0 Å². The number of fused-ring (bicyclic) bond motifs is 2. The lowest BCUT2D eigenvalue weighted by molar-refractivity contribution is -0.154. The Kier molecular flexibility index (Phi) is 4.34. The second kappa shape index (κ2) is 6.05. The average Bonchev–Trinajstić information content (AvgIpc) is 2.94. The lowest BCUT2D eigenvalue weighted by Gasteiger charge is -2.39. The van der Waals surface area contributed by atoms with Gasteiger partial charge in [-0.25, -0.2) is 0 Å². The van der Waals surface area contributed by atoms with Crippen LogP contribution in [0.15, 0.2) is 0 Å². The molecule has 0 radical (unpaired) electrons. The molecule has 3 aliphatic rings. The van der Waals surface area contributed by atoms with E-state index in [4.69, 9.17) is 4.74 Å². The molecule has 0 aromatic rings. The summed E-state index contributed by atoms with van der Waals surface area (Å²) in [5.74, 6) is 1.31. The van der Waals surface area contributed by atoms with Gasteiger partial charge in [0.25, 0.3) is 0 Å². The van der Waals surface area contributed by atoms with E-state index in [1.54, 1.807) is 0 Å². The van der Waals surface area contributed by atoms with Crippen molar-refractivity contribution in [2.45, 2.75) is 82.7 Å². The second-order valence-corrected chi connectivity index (χ2v) is 7.10. The first-order chi connectivity index (χ1) is 9.74. The fourth-order valence-corrected chi connectivity index (χ4v) is 4.86. The zero-order chi connectivity index (χ0) is 14.0. The van der Waals surface area contributed by atoms with Gasteiger partial charge in [0, 0.05) is 6.04 Å². The monoisotopic (exact) mass is 279 g/mol. The van der Waals surface area contributed by atoms with Crippen molar-refractivity contribution in [2.75, 3.05) is 6.61 Å². The molecule has 3 aliphatic carbocycles. The molecule has 0 amide bonds. The van der Waals surface area contributed by atoms with Gasteiger partial charge in [-0.3, -0.25) is 10.1 Å². The zero-order valence-electron chi connectivity index (χ0n) is 12.8. The van der Waals surface area contributed by atoms with Gasteiger partial charge < -0.3 is 4.74 Å². The van der Waals surface area contributed by atoms with E-state index in [9.17, 15) is 4.79 Å². The van der Waals surface area contributed by atoms with E-state index in [0.29, 0.717) is 18.6 Å². The topological polar surface area (TPSA) is 38.3 Å². The minimum Gasteiger partial charge on any atom is -0.465 e. The summed E-state index contributed by atoms with van der Waals surface area (Å²) in [5, 5.41) is 3.81. The zero-order valence-corrected chi connectivity index (χ0v) is 12.8. The third-order valence-electron chi connectivity index (χ3n) is 5.81. The van der Waals surface area contributed by atoms with Gasteiger partial charge in [-0.05, 0) is 50.9 Å². The highest BCUT2D eigenvalue weighted by atomic mass is 16.5. The Hall–Kier alpha value is -0.570. The summed E-state index contributed by atoms with van der Waals surface area (Å²) in [5.41, 5.74) is -0.339. The van der Waals surface area contributed by atoms with Crippen LogP contribution < -0.4 is 5.32 Å². The Morgan fingerprint density at radius 3 is 2.45 bits per heavy atom. The molecular weight excluding hydrogens is 250 g/mol. The van der Waals surface area contributed by atoms with Crippen molar-refractivity contribution in [3.8, 4) is 0 Å². The average molecular weight is 279 g/mol. The number of nitrogens with one attached hydrogen (secondary N) is 1. The van der Waals surface area contributed by atoms with Gasteiger partial charge in [-0.2, -0.15) is 0 Å². The summed E-state index contributed by atoms with van der Waals surface area (Å²) in [6.07, 6.45) is 12.6. The van der Waals surface area contributed by atoms with Crippen LogP contribution in [0.3, 0.4) is 0 Å². The van der Waals surface area contributed by atoms with Crippen LogP contribution >= 0.6 is 0 Å². The van der Waals surface area contributed by atoms with Crippen LogP contribution in [-0.4, -0.2) is 24.2 Å². The Labute approximate surface area is 122 Å². The minimum atomic E-state index is -0.339. The summed E-state index contributed by atoms with van der Waals surface area (Å²) >= 11 is 0. The maximum absolute atomic E-state index is 12.6. The van der Waals surface area contributed by atoms with Crippen molar-refractivity contribution in [1.29, 1.82) is 0 Å². The standard InChI is InChI=1S/C17H29NO2/c1-2-20-16(19)17(12-13-9-10-14(17)11-13)18-15-7-5-3-4-6-8-15/h13-15,18H,2-12H2,1H3. The fraction of sp³-hybridized carbons (Fsp3) is 0.941. The lowest BCUT2D eigenvalue weighted by atomic mass is 9.79. The molecule has 1 N–H and O–H groups in total. The van der Waals surface area contributed by atoms with Crippen molar-refractivity contribution < 1.29 is 9.53 Å². The number of hydrogen-bond donors (Lipinski definition) is 1. The Balaban J connectivity index is 1.74. The predicted octanol–water partition coefficient (Wildman–Crippen LogP) is 3.42. The molecule has 0 heterocycles. The van der Waals surface area contributed by atoms with Crippen molar-refractivity contribution in [2.24, 2.45) is 11.8 Å². The molecule has 0 aromatic heterocycles. The molecule has 0 aromatic carbocycles. The molecule has 2 bridgehead atoms. The number of esters is 1. The van der Waals surface area contributed by atoms with Gasteiger partial charge in [0.15, 0.2) is 0 Å². The molecule has 3 fully saturated rings. The molecule has 0 aliphatic heterocycles.